The van der Waals surface area contributed by atoms with Gasteiger partial charge in [0, 0.05) is 18.1 Å². The lowest BCUT2D eigenvalue weighted by Crippen LogP contribution is -2.47. The molecule has 2 aromatic carbocycles. The lowest BCUT2D eigenvalue weighted by Gasteiger charge is -2.28. The van der Waals surface area contributed by atoms with Crippen LogP contribution in [0.2, 0.25) is 0 Å². The maximum absolute atomic E-state index is 12.9. The number of nitrogens with one attached hydrogen (secondary N) is 1. The van der Waals surface area contributed by atoms with Crippen LogP contribution < -0.4 is 5.32 Å². The first-order valence-corrected chi connectivity index (χ1v) is 9.01. The molecule has 0 aliphatic heterocycles. The van der Waals surface area contributed by atoms with Gasteiger partial charge in [-0.05, 0) is 42.7 Å². The molecule has 1 N–H and O–H groups in total. The van der Waals surface area contributed by atoms with E-state index in [1.807, 2.05) is 55.5 Å². The molecule has 0 saturated carbocycles. The third-order valence-electron chi connectivity index (χ3n) is 4.28. The monoisotopic (exact) mass is 402 g/mol. The van der Waals surface area contributed by atoms with E-state index in [0.29, 0.717) is 6.54 Å². The fraction of sp³-hybridized carbons (Fsp3) is 0.300. The summed E-state index contributed by atoms with van der Waals surface area (Å²) in [7, 11) is 1.59. The molecular weight excluding hydrogens is 380 g/mol. The highest BCUT2D eigenvalue weighted by Gasteiger charge is 2.25. The van der Waals surface area contributed by atoms with Crippen molar-refractivity contribution in [3.05, 3.63) is 69.7 Å². The van der Waals surface area contributed by atoms with Gasteiger partial charge in [0.25, 0.3) is 0 Å². The molecule has 0 saturated heterocycles. The minimum Gasteiger partial charge on any atom is -0.357 e. The molecule has 0 aliphatic carbocycles. The summed E-state index contributed by atoms with van der Waals surface area (Å²) in [6.45, 7) is 4.14. The van der Waals surface area contributed by atoms with Gasteiger partial charge in [0.1, 0.15) is 6.04 Å². The predicted octanol–water partition coefficient (Wildman–Crippen LogP) is 3.46. The van der Waals surface area contributed by atoms with Crippen LogP contribution in [0.4, 0.5) is 0 Å². The van der Waals surface area contributed by atoms with Gasteiger partial charge in [0.2, 0.25) is 11.8 Å². The van der Waals surface area contributed by atoms with Gasteiger partial charge < -0.3 is 10.2 Å². The summed E-state index contributed by atoms with van der Waals surface area (Å²) >= 11 is 3.41. The van der Waals surface area contributed by atoms with Crippen LogP contribution in [0.1, 0.15) is 23.6 Å². The molecule has 0 aliphatic rings. The van der Waals surface area contributed by atoms with Crippen molar-refractivity contribution < 1.29 is 9.59 Å². The molecule has 4 nitrogen and oxygen atoms in total. The number of aryl methyl sites for hydroxylation is 1. The van der Waals surface area contributed by atoms with Crippen molar-refractivity contribution in [2.24, 2.45) is 0 Å². The molecule has 1 atom stereocenters. The van der Waals surface area contributed by atoms with E-state index in [2.05, 4.69) is 21.2 Å². The molecule has 132 valence electrons. The maximum atomic E-state index is 12.9. The number of carbonyl (C=O) groups excluding carboxylic acids is 2. The van der Waals surface area contributed by atoms with Crippen molar-refractivity contribution in [1.29, 1.82) is 0 Å². The van der Waals surface area contributed by atoms with Crippen LogP contribution in [-0.2, 0) is 22.6 Å². The Morgan fingerprint density at radius 2 is 1.76 bits per heavy atom. The number of halogens is 1. The number of nitrogens with zero attached hydrogens (tertiary/aromatic N) is 1. The van der Waals surface area contributed by atoms with Crippen molar-refractivity contribution in [3.8, 4) is 0 Å². The number of benzene rings is 2. The topological polar surface area (TPSA) is 49.4 Å². The molecule has 2 rings (SSSR count). The normalized spacial score (nSPS) is 11.7. The molecule has 2 aromatic rings. The Balaban J connectivity index is 2.23. The highest BCUT2D eigenvalue weighted by molar-refractivity contribution is 9.10. The first kappa shape index (κ1) is 19.2. The van der Waals surface area contributed by atoms with Crippen LogP contribution in [0.15, 0.2) is 53.0 Å². The van der Waals surface area contributed by atoms with Gasteiger partial charge in [-0.25, -0.2) is 0 Å². The third-order valence-corrected chi connectivity index (χ3v) is 4.81. The lowest BCUT2D eigenvalue weighted by atomic mass is 10.0. The zero-order chi connectivity index (χ0) is 18.4. The van der Waals surface area contributed by atoms with Crippen molar-refractivity contribution in [1.82, 2.24) is 10.2 Å². The van der Waals surface area contributed by atoms with E-state index in [1.54, 1.807) is 18.9 Å². The first-order valence-electron chi connectivity index (χ1n) is 8.22. The molecule has 0 bridgehead atoms. The molecule has 25 heavy (non-hydrogen) atoms. The van der Waals surface area contributed by atoms with Crippen LogP contribution in [0, 0.1) is 6.92 Å². The summed E-state index contributed by atoms with van der Waals surface area (Å²) in [5.41, 5.74) is 3.04. The largest absolute Gasteiger partial charge is 0.357 e. The predicted molar refractivity (Wildman–Crippen MR) is 103 cm³/mol. The smallest absolute Gasteiger partial charge is 0.242 e. The molecular formula is C20H23BrN2O2. The summed E-state index contributed by atoms with van der Waals surface area (Å²) in [4.78, 5) is 26.7. The quantitative estimate of drug-likeness (QED) is 0.803. The number of rotatable bonds is 6. The van der Waals surface area contributed by atoms with Gasteiger partial charge in [-0.3, -0.25) is 9.59 Å². The highest BCUT2D eigenvalue weighted by atomic mass is 79.9. The summed E-state index contributed by atoms with van der Waals surface area (Å²) in [5.74, 6) is -0.233. The van der Waals surface area contributed by atoms with E-state index in [4.69, 9.17) is 0 Å². The highest BCUT2D eigenvalue weighted by Crippen LogP contribution is 2.16. The van der Waals surface area contributed by atoms with Crippen molar-refractivity contribution in [3.63, 3.8) is 0 Å². The van der Waals surface area contributed by atoms with Gasteiger partial charge in [0.15, 0.2) is 0 Å². The Morgan fingerprint density at radius 1 is 1.12 bits per heavy atom. The molecule has 0 aromatic heterocycles. The van der Waals surface area contributed by atoms with Crippen LogP contribution in [-0.4, -0.2) is 29.8 Å². The second kappa shape index (κ2) is 8.81. The minimum atomic E-state index is -0.537. The standard InChI is InChI=1S/C20H23BrN2O2/c1-14-6-4-5-7-17(14)12-19(24)23(15(2)20(25)22-3)13-16-8-10-18(21)11-9-16/h4-11,15H,12-13H2,1-3H3,(H,22,25)/t15-/m0/s1. The zero-order valence-corrected chi connectivity index (χ0v) is 16.3. The van der Waals surface area contributed by atoms with Crippen LogP contribution in [0.3, 0.4) is 0 Å². The summed E-state index contributed by atoms with van der Waals surface area (Å²) in [5, 5.41) is 2.63. The molecule has 0 fully saturated rings. The van der Waals surface area contributed by atoms with E-state index in [1.165, 1.54) is 0 Å². The summed E-state index contributed by atoms with van der Waals surface area (Å²) in [6, 6.07) is 15.1. The number of amides is 2. The van der Waals surface area contributed by atoms with E-state index in [0.717, 1.165) is 21.2 Å². The van der Waals surface area contributed by atoms with Gasteiger partial charge in [0.05, 0.1) is 6.42 Å². The van der Waals surface area contributed by atoms with Crippen molar-refractivity contribution in [2.45, 2.75) is 32.9 Å². The van der Waals surface area contributed by atoms with Gasteiger partial charge in [-0.1, -0.05) is 52.3 Å². The van der Waals surface area contributed by atoms with Crippen molar-refractivity contribution in [2.75, 3.05) is 7.05 Å². The number of hydrogen-bond acceptors (Lipinski definition) is 2. The van der Waals surface area contributed by atoms with Gasteiger partial charge in [-0.15, -0.1) is 0 Å². The Hall–Kier alpha value is -2.14. The molecule has 0 radical (unpaired) electrons. The average Bonchev–Trinajstić information content (AvgIpc) is 2.61. The van der Waals surface area contributed by atoms with E-state index in [-0.39, 0.29) is 18.2 Å². The zero-order valence-electron chi connectivity index (χ0n) is 14.8. The van der Waals surface area contributed by atoms with Crippen LogP contribution in [0.25, 0.3) is 0 Å². The minimum absolute atomic E-state index is 0.0617. The SMILES string of the molecule is CNC(=O)[C@H](C)N(Cc1ccc(Br)cc1)C(=O)Cc1ccccc1C. The Kier molecular flexibility index (Phi) is 6.76. The number of hydrogen-bond donors (Lipinski definition) is 1. The van der Waals surface area contributed by atoms with Crippen LogP contribution >= 0.6 is 15.9 Å². The lowest BCUT2D eigenvalue weighted by molar-refractivity contribution is -0.139. The Morgan fingerprint density at radius 3 is 2.36 bits per heavy atom. The average molecular weight is 403 g/mol. The Labute approximate surface area is 157 Å². The molecule has 0 unspecified atom stereocenters. The summed E-state index contributed by atoms with van der Waals surface area (Å²) in [6.07, 6.45) is 0.282. The summed E-state index contributed by atoms with van der Waals surface area (Å²) < 4.78 is 0.980. The van der Waals surface area contributed by atoms with E-state index in [9.17, 15) is 9.59 Å². The number of likely N-dealkylation sites (N-methyl/N-ethyl adjacent to an activating group) is 1. The van der Waals surface area contributed by atoms with E-state index < -0.39 is 6.04 Å². The second-order valence-electron chi connectivity index (χ2n) is 6.04. The molecule has 2 amide bonds. The van der Waals surface area contributed by atoms with Crippen molar-refractivity contribution >= 4 is 27.7 Å². The van der Waals surface area contributed by atoms with E-state index >= 15 is 0 Å². The van der Waals surface area contributed by atoms with Gasteiger partial charge >= 0.3 is 0 Å². The molecule has 0 spiro atoms. The maximum Gasteiger partial charge on any atom is 0.242 e. The number of carbonyl (C=O) groups is 2. The van der Waals surface area contributed by atoms with Gasteiger partial charge in [-0.2, -0.15) is 0 Å². The second-order valence-corrected chi connectivity index (χ2v) is 6.96. The third kappa shape index (κ3) is 5.16. The van der Waals surface area contributed by atoms with Crippen LogP contribution in [0.5, 0.6) is 0 Å². The fourth-order valence-corrected chi connectivity index (χ4v) is 2.92. The molecule has 5 heteroatoms. The molecule has 0 heterocycles. The fourth-order valence-electron chi connectivity index (χ4n) is 2.65. The Bertz CT molecular complexity index is 744. The first-order chi connectivity index (χ1) is 11.9.